The van der Waals surface area contributed by atoms with Crippen molar-refractivity contribution in [1.29, 1.82) is 0 Å². The summed E-state index contributed by atoms with van der Waals surface area (Å²) in [6.07, 6.45) is -7.00. The van der Waals surface area contributed by atoms with Gasteiger partial charge in [-0.3, -0.25) is 9.59 Å². The van der Waals surface area contributed by atoms with Gasteiger partial charge in [0, 0.05) is 37.8 Å². The van der Waals surface area contributed by atoms with Gasteiger partial charge in [-0.1, -0.05) is 42.5 Å². The minimum absolute atomic E-state index is 0. The summed E-state index contributed by atoms with van der Waals surface area (Å²) in [6.45, 7) is 7.56. The monoisotopic (exact) mass is 832 g/mol. The summed E-state index contributed by atoms with van der Waals surface area (Å²) in [6, 6.07) is 15.1. The van der Waals surface area contributed by atoms with Crippen LogP contribution < -0.4 is 45.3 Å². The summed E-state index contributed by atoms with van der Waals surface area (Å²) >= 11 is 1.56. The molecule has 1 fully saturated rings. The van der Waals surface area contributed by atoms with Gasteiger partial charge in [-0.15, -0.1) is 0 Å². The number of hydrogen-bond acceptors (Lipinski definition) is 15. The van der Waals surface area contributed by atoms with E-state index in [-0.39, 0.29) is 36.2 Å². The molecule has 6 atom stereocenters. The largest absolute Gasteiger partial charge is 1.00 e. The molecular formula is C39H57N2NaO14S. The molecular weight excluding hydrogens is 775 g/mol. The van der Waals surface area contributed by atoms with E-state index in [1.54, 1.807) is 36.0 Å². The summed E-state index contributed by atoms with van der Waals surface area (Å²) in [4.78, 5) is 37.2. The molecule has 2 amide bonds. The van der Waals surface area contributed by atoms with Gasteiger partial charge >= 0.3 is 29.6 Å². The molecule has 2 aromatic rings. The van der Waals surface area contributed by atoms with Crippen LogP contribution in [-0.2, 0) is 42.7 Å². The van der Waals surface area contributed by atoms with E-state index in [9.17, 15) is 34.8 Å². The molecule has 1 saturated heterocycles. The van der Waals surface area contributed by atoms with E-state index in [1.165, 1.54) is 6.92 Å². The molecule has 16 nitrogen and oxygen atoms in total. The first-order valence-corrected chi connectivity index (χ1v) is 20.0. The van der Waals surface area contributed by atoms with Gasteiger partial charge in [-0.05, 0) is 42.4 Å². The molecule has 0 bridgehead atoms. The van der Waals surface area contributed by atoms with Crippen LogP contribution in [0.1, 0.15) is 37.0 Å². The summed E-state index contributed by atoms with van der Waals surface area (Å²) in [7, 11) is 0. The van der Waals surface area contributed by atoms with Crippen LogP contribution in [0.25, 0.3) is 11.1 Å². The van der Waals surface area contributed by atoms with Crippen molar-refractivity contribution in [3.63, 3.8) is 0 Å². The Kier molecular flexibility index (Phi) is 26.0. The Morgan fingerprint density at radius 2 is 1.40 bits per heavy atom. The fourth-order valence-electron chi connectivity index (χ4n) is 5.67. The molecule has 18 heteroatoms. The van der Waals surface area contributed by atoms with Gasteiger partial charge in [0.25, 0.3) is 5.91 Å². The number of thioether (sulfide) groups is 1. The average molecular weight is 833 g/mol. The third kappa shape index (κ3) is 18.7. The minimum Gasteiger partial charge on any atom is -0.544 e. The van der Waals surface area contributed by atoms with E-state index in [0.717, 1.165) is 11.1 Å². The second-order valence-corrected chi connectivity index (χ2v) is 14.0. The Morgan fingerprint density at radius 3 is 1.96 bits per heavy atom. The number of carbonyl (C=O) groups is 3. The molecule has 0 aromatic heterocycles. The Bertz CT molecular complexity index is 1420. The Morgan fingerprint density at radius 1 is 0.842 bits per heavy atom. The first-order valence-electron chi connectivity index (χ1n) is 18.8. The number of nitrogens with one attached hydrogen (secondary N) is 2. The number of aliphatic carboxylic acids is 1. The van der Waals surface area contributed by atoms with Gasteiger partial charge in [0.1, 0.15) is 18.2 Å². The van der Waals surface area contributed by atoms with E-state index in [0.29, 0.717) is 89.6 Å². The Balaban J connectivity index is 0.0000112. The molecule has 0 saturated carbocycles. The maximum atomic E-state index is 12.8. The number of rotatable bonds is 29. The second kappa shape index (κ2) is 29.1. The molecule has 0 spiro atoms. The van der Waals surface area contributed by atoms with Gasteiger partial charge in [-0.2, -0.15) is 11.8 Å². The summed E-state index contributed by atoms with van der Waals surface area (Å²) in [5.74, 6) is -4.15. The normalized spacial score (nSPS) is 20.3. The number of carboxylic acid groups (broad SMARTS) is 1. The number of benzene rings is 2. The number of carboxylic acids is 1. The topological polar surface area (TPSA) is 224 Å². The van der Waals surface area contributed by atoms with Crippen LogP contribution in [0.15, 0.2) is 54.6 Å². The third-order valence-corrected chi connectivity index (χ3v) is 9.58. The molecule has 1 heterocycles. The molecule has 314 valence electrons. The van der Waals surface area contributed by atoms with Crippen LogP contribution in [0.4, 0.5) is 0 Å². The number of hydrogen-bond donors (Lipinski definition) is 5. The van der Waals surface area contributed by atoms with E-state index in [2.05, 4.69) is 10.6 Å². The third-order valence-electron chi connectivity index (χ3n) is 8.54. The first-order chi connectivity index (χ1) is 27.1. The number of ether oxygens (including phenoxy) is 7. The van der Waals surface area contributed by atoms with Crippen molar-refractivity contribution in [2.75, 3.05) is 90.7 Å². The molecule has 0 aliphatic carbocycles. The minimum atomic E-state index is -2.49. The van der Waals surface area contributed by atoms with Crippen molar-refractivity contribution in [3.05, 3.63) is 60.2 Å². The van der Waals surface area contributed by atoms with Gasteiger partial charge in [-0.25, -0.2) is 0 Å². The number of amides is 2. The van der Waals surface area contributed by atoms with Crippen molar-refractivity contribution in [2.24, 2.45) is 0 Å². The predicted octanol–water partition coefficient (Wildman–Crippen LogP) is -2.85. The quantitative estimate of drug-likeness (QED) is 0.0412. The van der Waals surface area contributed by atoms with E-state index < -0.39 is 67.0 Å². The smallest absolute Gasteiger partial charge is 0.544 e. The van der Waals surface area contributed by atoms with Crippen molar-refractivity contribution < 1.29 is 97.5 Å². The molecule has 57 heavy (non-hydrogen) atoms. The summed E-state index contributed by atoms with van der Waals surface area (Å²) in [5, 5.41) is 50.4. The number of aliphatic hydroxyl groups excluding tert-OH is 3. The fraction of sp³-hybridized carbons (Fsp3) is 0.615. The van der Waals surface area contributed by atoms with Crippen LogP contribution in [0.3, 0.4) is 0 Å². The second-order valence-electron chi connectivity index (χ2n) is 12.8. The van der Waals surface area contributed by atoms with Crippen molar-refractivity contribution >= 4 is 29.5 Å². The molecule has 2 aromatic carbocycles. The van der Waals surface area contributed by atoms with Crippen molar-refractivity contribution in [2.45, 2.75) is 62.9 Å². The SMILES string of the molecule is CCOCCOCCOCCOCCOCCSCCCO[C@]1(C(=O)[O-])C[C@H](O)[C@@H](NC(C)=O)[C@H]([C@H](O)[C@H](O)CNC(=O)c2ccc(-c3ccccc3)cc2)O1.[Na+]. The molecule has 0 unspecified atom stereocenters. The Hall–Kier alpha value is -2.20. The molecule has 0 radical (unpaired) electrons. The predicted molar refractivity (Wildman–Crippen MR) is 205 cm³/mol. The zero-order valence-electron chi connectivity index (χ0n) is 33.1. The number of carbonyl (C=O) groups excluding carboxylic acids is 3. The van der Waals surface area contributed by atoms with E-state index in [4.69, 9.17) is 33.2 Å². The molecule has 3 rings (SSSR count). The maximum Gasteiger partial charge on any atom is 1.00 e. The summed E-state index contributed by atoms with van der Waals surface area (Å²) in [5.41, 5.74) is 2.18. The van der Waals surface area contributed by atoms with Gasteiger partial charge in [0.05, 0.1) is 84.3 Å². The van der Waals surface area contributed by atoms with Gasteiger partial charge < -0.3 is 69.0 Å². The summed E-state index contributed by atoms with van der Waals surface area (Å²) < 4.78 is 38.4. The van der Waals surface area contributed by atoms with Crippen molar-refractivity contribution in [3.8, 4) is 11.1 Å². The zero-order chi connectivity index (χ0) is 40.6. The van der Waals surface area contributed by atoms with E-state index >= 15 is 0 Å². The van der Waals surface area contributed by atoms with Gasteiger partial charge in [0.15, 0.2) is 0 Å². The molecule has 5 N–H and O–H groups in total. The standard InChI is InChI=1S/C39H58N2O14S.Na/c1-3-49-15-16-50-17-18-51-19-20-52-21-22-53-23-25-56-24-7-14-54-39(38(47)48)26-32(43)34(41-28(2)42)36(55-39)35(45)33(44)27-40-37(46)31-12-10-30(11-13-31)29-8-5-4-6-9-29;/h4-6,8-13,32-36,43-45H,3,7,14-27H2,1-2H3,(H,40,46)(H,41,42)(H,47,48);/q;+1/p-1/t32-,33+,34+,35+,36+,39+;/m0./s1. The maximum absolute atomic E-state index is 12.8. The first kappa shape index (κ1) is 50.9. The van der Waals surface area contributed by atoms with Gasteiger partial charge in [0.2, 0.25) is 11.7 Å². The molecule has 1 aliphatic heterocycles. The van der Waals surface area contributed by atoms with Crippen LogP contribution in [0, 0.1) is 0 Å². The number of aliphatic hydroxyl groups is 3. The molecule has 1 aliphatic rings. The Labute approximate surface area is 360 Å². The fourth-order valence-corrected chi connectivity index (χ4v) is 6.43. The van der Waals surface area contributed by atoms with Crippen LogP contribution >= 0.6 is 11.8 Å². The van der Waals surface area contributed by atoms with Crippen molar-refractivity contribution in [1.82, 2.24) is 10.6 Å². The van der Waals surface area contributed by atoms with Crippen LogP contribution in [-0.4, -0.2) is 160 Å². The van der Waals surface area contributed by atoms with Crippen LogP contribution in [0.5, 0.6) is 0 Å². The van der Waals surface area contributed by atoms with Crippen LogP contribution in [0.2, 0.25) is 0 Å². The average Bonchev–Trinajstić information content (AvgIpc) is 3.19. The van der Waals surface area contributed by atoms with E-state index in [1.807, 2.05) is 37.3 Å². The zero-order valence-corrected chi connectivity index (χ0v) is 36.0.